The van der Waals surface area contributed by atoms with Gasteiger partial charge in [-0.3, -0.25) is 9.59 Å². The first-order chi connectivity index (χ1) is 16.7. The molecule has 2 aromatic rings. The van der Waals surface area contributed by atoms with Crippen molar-refractivity contribution in [2.75, 3.05) is 6.54 Å². The van der Waals surface area contributed by atoms with Gasteiger partial charge in [-0.15, -0.1) is 0 Å². The van der Waals surface area contributed by atoms with Gasteiger partial charge in [0, 0.05) is 30.1 Å². The quantitative estimate of drug-likeness (QED) is 0.273. The van der Waals surface area contributed by atoms with Crippen molar-refractivity contribution in [2.24, 2.45) is 0 Å². The predicted molar refractivity (Wildman–Crippen MR) is 133 cm³/mol. The maximum Gasteiger partial charge on any atom is 0.250 e. The number of aryl methyl sites for hydroxylation is 1. The van der Waals surface area contributed by atoms with Gasteiger partial charge in [-0.2, -0.15) is 0 Å². The normalized spacial score (nSPS) is 16.7. The molecule has 0 saturated carbocycles. The fraction of sp³-hybridized carbons (Fsp3) is 0.321. The van der Waals surface area contributed by atoms with Crippen LogP contribution in [-0.4, -0.2) is 40.5 Å². The number of likely N-dealkylation sites (tertiary alicyclic amines) is 1. The number of ketones is 1. The zero-order valence-corrected chi connectivity index (χ0v) is 20.0. The summed E-state index contributed by atoms with van der Waals surface area (Å²) in [6.45, 7) is 7.94. The molecule has 1 aliphatic heterocycles. The minimum absolute atomic E-state index is 0.208. The number of aliphatic hydroxyl groups excluding tert-OH is 1. The molecular formula is C28H30F2N2O3. The molecule has 1 saturated heterocycles. The SMILES string of the molecule is C=C(C)c1cc(C(C[C@H]2CCCN2C(=O)/C=C(\O)C(=O)C=N)c2ccc(F)c(CC)c2)ccc1F. The van der Waals surface area contributed by atoms with Crippen LogP contribution < -0.4 is 0 Å². The Hall–Kier alpha value is -3.61. The van der Waals surface area contributed by atoms with Crippen molar-refractivity contribution in [3.05, 3.63) is 88.7 Å². The summed E-state index contributed by atoms with van der Waals surface area (Å²) >= 11 is 0. The van der Waals surface area contributed by atoms with E-state index in [1.807, 2.05) is 13.0 Å². The van der Waals surface area contributed by atoms with E-state index in [1.54, 1.807) is 30.0 Å². The van der Waals surface area contributed by atoms with Gasteiger partial charge >= 0.3 is 0 Å². The van der Waals surface area contributed by atoms with Crippen LogP contribution in [0.15, 0.2) is 54.8 Å². The first-order valence-corrected chi connectivity index (χ1v) is 11.7. The number of nitrogens with one attached hydrogen (secondary N) is 1. The molecule has 5 nitrogen and oxygen atoms in total. The molecule has 1 fully saturated rings. The van der Waals surface area contributed by atoms with E-state index in [0.717, 1.165) is 23.6 Å². The van der Waals surface area contributed by atoms with Crippen molar-refractivity contribution in [1.29, 1.82) is 5.41 Å². The molecule has 0 aliphatic carbocycles. The average Bonchev–Trinajstić information content (AvgIpc) is 3.31. The van der Waals surface area contributed by atoms with E-state index >= 15 is 0 Å². The van der Waals surface area contributed by atoms with Crippen LogP contribution >= 0.6 is 0 Å². The molecule has 2 aromatic carbocycles. The third kappa shape index (κ3) is 5.91. The number of nitrogens with zero attached hydrogens (tertiary/aromatic N) is 1. The van der Waals surface area contributed by atoms with E-state index in [0.29, 0.717) is 48.7 Å². The zero-order valence-electron chi connectivity index (χ0n) is 20.0. The third-order valence-corrected chi connectivity index (χ3v) is 6.52. The Morgan fingerprint density at radius 2 is 1.86 bits per heavy atom. The minimum Gasteiger partial charge on any atom is -0.504 e. The highest BCUT2D eigenvalue weighted by atomic mass is 19.1. The summed E-state index contributed by atoms with van der Waals surface area (Å²) < 4.78 is 28.7. The van der Waals surface area contributed by atoms with Gasteiger partial charge in [-0.05, 0) is 73.1 Å². The van der Waals surface area contributed by atoms with E-state index in [4.69, 9.17) is 5.41 Å². The number of allylic oxidation sites excluding steroid dienone is 2. The van der Waals surface area contributed by atoms with Gasteiger partial charge in [0.2, 0.25) is 5.78 Å². The summed E-state index contributed by atoms with van der Waals surface area (Å²) in [5, 5.41) is 16.8. The van der Waals surface area contributed by atoms with Gasteiger partial charge in [0.15, 0.2) is 5.76 Å². The van der Waals surface area contributed by atoms with Crippen LogP contribution in [0.1, 0.15) is 61.3 Å². The van der Waals surface area contributed by atoms with E-state index in [-0.39, 0.29) is 23.6 Å². The lowest BCUT2D eigenvalue weighted by molar-refractivity contribution is -0.127. The van der Waals surface area contributed by atoms with Crippen LogP contribution in [0.2, 0.25) is 0 Å². The topological polar surface area (TPSA) is 81.5 Å². The minimum atomic E-state index is -0.941. The first kappa shape index (κ1) is 26.0. The maximum absolute atomic E-state index is 14.4. The molecule has 184 valence electrons. The van der Waals surface area contributed by atoms with E-state index in [1.165, 1.54) is 12.1 Å². The van der Waals surface area contributed by atoms with Crippen molar-refractivity contribution in [3.8, 4) is 0 Å². The molecule has 0 bridgehead atoms. The molecule has 0 aromatic heterocycles. The Bertz CT molecular complexity index is 1190. The summed E-state index contributed by atoms with van der Waals surface area (Å²) in [6.07, 6.45) is 3.78. The zero-order chi connectivity index (χ0) is 25.7. The molecule has 1 unspecified atom stereocenters. The second-order valence-corrected chi connectivity index (χ2v) is 8.88. The highest BCUT2D eigenvalue weighted by Gasteiger charge is 2.32. The smallest absolute Gasteiger partial charge is 0.250 e. The highest BCUT2D eigenvalue weighted by molar-refractivity contribution is 6.33. The second-order valence-electron chi connectivity index (χ2n) is 8.88. The van der Waals surface area contributed by atoms with Gasteiger partial charge in [0.1, 0.15) is 11.6 Å². The number of halogens is 2. The van der Waals surface area contributed by atoms with E-state index < -0.39 is 17.4 Å². The molecule has 3 rings (SSSR count). The molecule has 2 N–H and O–H groups in total. The van der Waals surface area contributed by atoms with Crippen molar-refractivity contribution in [3.63, 3.8) is 0 Å². The van der Waals surface area contributed by atoms with Gasteiger partial charge < -0.3 is 15.4 Å². The monoisotopic (exact) mass is 480 g/mol. The molecule has 1 aliphatic rings. The van der Waals surface area contributed by atoms with Crippen LogP contribution in [0.3, 0.4) is 0 Å². The van der Waals surface area contributed by atoms with Crippen LogP contribution in [-0.2, 0) is 16.0 Å². The fourth-order valence-electron chi connectivity index (χ4n) is 4.62. The predicted octanol–water partition coefficient (Wildman–Crippen LogP) is 5.73. The molecule has 7 heteroatoms. The molecular weight excluding hydrogens is 450 g/mol. The summed E-state index contributed by atoms with van der Waals surface area (Å²) in [6, 6.07) is 9.63. The lowest BCUT2D eigenvalue weighted by Gasteiger charge is -2.29. The van der Waals surface area contributed by atoms with Crippen molar-refractivity contribution < 1.29 is 23.5 Å². The maximum atomic E-state index is 14.4. The number of amides is 1. The summed E-state index contributed by atoms with van der Waals surface area (Å²) in [5.41, 5.74) is 3.26. The number of aliphatic hydroxyl groups is 1. The number of hydrogen-bond donors (Lipinski definition) is 2. The van der Waals surface area contributed by atoms with E-state index in [2.05, 4.69) is 6.58 Å². The van der Waals surface area contributed by atoms with Crippen LogP contribution in [0.5, 0.6) is 0 Å². The first-order valence-electron chi connectivity index (χ1n) is 11.7. The number of carbonyl (C=O) groups excluding carboxylic acids is 2. The Kier molecular flexibility index (Phi) is 8.33. The lowest BCUT2D eigenvalue weighted by atomic mass is 9.83. The summed E-state index contributed by atoms with van der Waals surface area (Å²) in [5.74, 6) is -3.13. The van der Waals surface area contributed by atoms with Crippen molar-refractivity contribution >= 4 is 23.5 Å². The molecule has 2 atom stereocenters. The standard InChI is InChI=1S/C28H30F2N2O3/c1-4-18-12-19(7-9-24(18)29)23(20-8-10-25(30)22(13-20)17(2)3)14-21-6-5-11-32(21)28(35)15-26(33)27(34)16-31/h7-10,12-13,15-16,21,23,31,33H,2,4-6,11,14H2,1,3H3/b26-15-,31-16?/t21-,23?/m1/s1. The van der Waals surface area contributed by atoms with Gasteiger partial charge in [-0.25, -0.2) is 8.78 Å². The molecule has 1 amide bonds. The van der Waals surface area contributed by atoms with Gasteiger partial charge in [-0.1, -0.05) is 31.7 Å². The highest BCUT2D eigenvalue weighted by Crippen LogP contribution is 2.36. The summed E-state index contributed by atoms with van der Waals surface area (Å²) in [4.78, 5) is 25.9. The van der Waals surface area contributed by atoms with Crippen molar-refractivity contribution in [2.45, 2.75) is 51.5 Å². The number of carbonyl (C=O) groups is 2. The van der Waals surface area contributed by atoms with Crippen LogP contribution in [0, 0.1) is 17.0 Å². The van der Waals surface area contributed by atoms with Crippen LogP contribution in [0.4, 0.5) is 8.78 Å². The number of hydrogen-bond acceptors (Lipinski definition) is 4. The fourth-order valence-corrected chi connectivity index (χ4v) is 4.62. The van der Waals surface area contributed by atoms with E-state index in [9.17, 15) is 23.5 Å². The van der Waals surface area contributed by atoms with Crippen LogP contribution in [0.25, 0.3) is 5.57 Å². The molecule has 35 heavy (non-hydrogen) atoms. The molecule has 0 radical (unpaired) electrons. The number of Topliss-reactive ketones (excluding diaryl/α,β-unsaturated/α-hetero) is 1. The average molecular weight is 481 g/mol. The number of benzene rings is 2. The molecule has 0 spiro atoms. The Balaban J connectivity index is 2.01. The Morgan fingerprint density at radius 3 is 2.49 bits per heavy atom. The largest absolute Gasteiger partial charge is 0.504 e. The second kappa shape index (κ2) is 11.2. The lowest BCUT2D eigenvalue weighted by Crippen LogP contribution is -2.36. The van der Waals surface area contributed by atoms with Gasteiger partial charge in [0.05, 0.1) is 6.21 Å². The van der Waals surface area contributed by atoms with Crippen molar-refractivity contribution in [1.82, 2.24) is 4.90 Å². The third-order valence-electron chi connectivity index (χ3n) is 6.52. The van der Waals surface area contributed by atoms with Gasteiger partial charge in [0.25, 0.3) is 5.91 Å². The number of rotatable bonds is 9. The Morgan fingerprint density at radius 1 is 1.20 bits per heavy atom. The Labute approximate surface area is 204 Å². The molecule has 1 heterocycles. The summed E-state index contributed by atoms with van der Waals surface area (Å²) in [7, 11) is 0.